The van der Waals surface area contributed by atoms with Crippen molar-refractivity contribution >= 4 is 11.9 Å². The highest BCUT2D eigenvalue weighted by Gasteiger charge is 2.23. The molecule has 0 rings (SSSR count). The molecule has 0 N–H and O–H groups in total. The van der Waals surface area contributed by atoms with Crippen molar-refractivity contribution in [2.45, 2.75) is 66.7 Å². The Labute approximate surface area is 128 Å². The van der Waals surface area contributed by atoms with E-state index in [-0.39, 0.29) is 17.9 Å². The van der Waals surface area contributed by atoms with Gasteiger partial charge in [0.2, 0.25) is 0 Å². The summed E-state index contributed by atoms with van der Waals surface area (Å²) in [5.41, 5.74) is 0.985. The minimum atomic E-state index is -0.384. The molecule has 0 aromatic heterocycles. The van der Waals surface area contributed by atoms with Gasteiger partial charge < -0.3 is 9.47 Å². The van der Waals surface area contributed by atoms with E-state index in [4.69, 9.17) is 9.47 Å². The van der Waals surface area contributed by atoms with Gasteiger partial charge in [-0.2, -0.15) is 0 Å². The maximum Gasteiger partial charge on any atom is 0.334 e. The molecule has 0 spiro atoms. The van der Waals surface area contributed by atoms with Crippen molar-refractivity contribution in [3.63, 3.8) is 0 Å². The summed E-state index contributed by atoms with van der Waals surface area (Å²) in [6.07, 6.45) is 4.09. The zero-order valence-electron chi connectivity index (χ0n) is 14.2. The number of unbranched alkanes of at least 4 members (excludes halogenated alkanes) is 2. The van der Waals surface area contributed by atoms with Gasteiger partial charge in [0.1, 0.15) is 0 Å². The normalized spacial score (nSPS) is 12.1. The lowest BCUT2D eigenvalue weighted by molar-refractivity contribution is -0.142. The second-order valence-electron chi connectivity index (χ2n) is 5.45. The lowest BCUT2D eigenvalue weighted by Gasteiger charge is -2.15. The molecule has 0 saturated carbocycles. The highest BCUT2D eigenvalue weighted by atomic mass is 16.5. The standard InChI is InChI=1S/C17H30O4/c1-6-9-10-11-14(16(18)20-7-2)15(12-13(4)5)17(19)21-8-3/h13H,6-12H2,1-5H3. The van der Waals surface area contributed by atoms with Gasteiger partial charge in [-0.15, -0.1) is 0 Å². The third-order valence-corrected chi connectivity index (χ3v) is 3.05. The van der Waals surface area contributed by atoms with Crippen molar-refractivity contribution in [3.8, 4) is 0 Å². The van der Waals surface area contributed by atoms with Crippen LogP contribution in [0.3, 0.4) is 0 Å². The second-order valence-corrected chi connectivity index (χ2v) is 5.45. The topological polar surface area (TPSA) is 52.6 Å². The molecule has 21 heavy (non-hydrogen) atoms. The van der Waals surface area contributed by atoms with Crippen LogP contribution in [-0.4, -0.2) is 25.2 Å². The smallest absolute Gasteiger partial charge is 0.334 e. The number of carbonyl (C=O) groups is 2. The summed E-state index contributed by atoms with van der Waals surface area (Å²) < 4.78 is 10.2. The van der Waals surface area contributed by atoms with Crippen molar-refractivity contribution in [2.75, 3.05) is 13.2 Å². The first-order valence-corrected chi connectivity index (χ1v) is 8.04. The molecule has 0 aliphatic heterocycles. The van der Waals surface area contributed by atoms with E-state index in [0.717, 1.165) is 19.3 Å². The molecular weight excluding hydrogens is 268 g/mol. The molecule has 0 aliphatic carbocycles. The van der Waals surface area contributed by atoms with Gasteiger partial charge in [0, 0.05) is 11.1 Å². The first-order valence-electron chi connectivity index (χ1n) is 8.04. The Bertz CT molecular complexity index is 356. The molecule has 0 aromatic carbocycles. The third-order valence-electron chi connectivity index (χ3n) is 3.05. The van der Waals surface area contributed by atoms with Crippen molar-refractivity contribution in [1.82, 2.24) is 0 Å². The Morgan fingerprint density at radius 1 is 0.857 bits per heavy atom. The van der Waals surface area contributed by atoms with Gasteiger partial charge in [-0.3, -0.25) is 0 Å². The van der Waals surface area contributed by atoms with E-state index in [1.54, 1.807) is 13.8 Å². The van der Waals surface area contributed by atoms with Crippen LogP contribution < -0.4 is 0 Å². The first kappa shape index (κ1) is 19.7. The van der Waals surface area contributed by atoms with Crippen LogP contribution in [0.5, 0.6) is 0 Å². The molecule has 0 saturated heterocycles. The molecule has 0 radical (unpaired) electrons. The third kappa shape index (κ3) is 7.88. The highest BCUT2D eigenvalue weighted by molar-refractivity contribution is 6.00. The van der Waals surface area contributed by atoms with Crippen molar-refractivity contribution in [1.29, 1.82) is 0 Å². The number of hydrogen-bond donors (Lipinski definition) is 0. The average molecular weight is 298 g/mol. The highest BCUT2D eigenvalue weighted by Crippen LogP contribution is 2.22. The Morgan fingerprint density at radius 2 is 1.38 bits per heavy atom. The monoisotopic (exact) mass is 298 g/mol. The van der Waals surface area contributed by atoms with Crippen molar-refractivity contribution < 1.29 is 19.1 Å². The van der Waals surface area contributed by atoms with Gasteiger partial charge in [0.25, 0.3) is 0 Å². The van der Waals surface area contributed by atoms with E-state index in [2.05, 4.69) is 6.92 Å². The van der Waals surface area contributed by atoms with E-state index in [9.17, 15) is 9.59 Å². The quantitative estimate of drug-likeness (QED) is 0.347. The molecule has 0 fully saturated rings. The van der Waals surface area contributed by atoms with Gasteiger partial charge in [-0.1, -0.05) is 33.6 Å². The van der Waals surface area contributed by atoms with Crippen LogP contribution in [0.25, 0.3) is 0 Å². The maximum atomic E-state index is 12.2. The molecule has 0 unspecified atom stereocenters. The number of esters is 2. The number of ether oxygens (including phenoxy) is 2. The number of rotatable bonds is 10. The Kier molecular flexibility index (Phi) is 10.6. The zero-order chi connectivity index (χ0) is 16.3. The molecule has 0 amide bonds. The SMILES string of the molecule is CCCCCC(C(=O)OCC)=C(CC(C)C)C(=O)OCC. The van der Waals surface area contributed by atoms with E-state index < -0.39 is 0 Å². The number of hydrogen-bond acceptors (Lipinski definition) is 4. The molecule has 4 nitrogen and oxygen atoms in total. The fourth-order valence-electron chi connectivity index (χ4n) is 2.10. The molecule has 122 valence electrons. The van der Waals surface area contributed by atoms with Gasteiger partial charge in [0.15, 0.2) is 0 Å². The fourth-order valence-corrected chi connectivity index (χ4v) is 2.10. The molecule has 0 heterocycles. The number of carbonyl (C=O) groups excluding carboxylic acids is 2. The fraction of sp³-hybridized carbons (Fsp3) is 0.765. The van der Waals surface area contributed by atoms with Crippen LogP contribution in [-0.2, 0) is 19.1 Å². The van der Waals surface area contributed by atoms with E-state index >= 15 is 0 Å². The van der Waals surface area contributed by atoms with Crippen LogP contribution in [0.4, 0.5) is 0 Å². The summed E-state index contributed by atoms with van der Waals surface area (Å²) in [6.45, 7) is 10.3. The average Bonchev–Trinajstić information content (AvgIpc) is 2.42. The van der Waals surface area contributed by atoms with Crippen molar-refractivity contribution in [3.05, 3.63) is 11.1 Å². The van der Waals surface area contributed by atoms with E-state index in [0.29, 0.717) is 37.2 Å². The first-order chi connectivity index (χ1) is 9.97. The molecule has 0 atom stereocenters. The molecular formula is C17H30O4. The van der Waals surface area contributed by atoms with Gasteiger partial charge in [-0.05, 0) is 39.0 Å². The minimum Gasteiger partial charge on any atom is -0.463 e. The molecule has 0 aliphatic rings. The summed E-state index contributed by atoms with van der Waals surface area (Å²) in [6, 6.07) is 0. The summed E-state index contributed by atoms with van der Waals surface area (Å²) in [5, 5.41) is 0. The predicted octanol–water partition coefficient (Wildman–Crippen LogP) is 4.04. The molecule has 0 bridgehead atoms. The lowest BCUT2D eigenvalue weighted by atomic mass is 9.94. The molecule has 4 heteroatoms. The summed E-state index contributed by atoms with van der Waals surface area (Å²) in [5.74, 6) is -0.483. The second kappa shape index (κ2) is 11.4. The maximum absolute atomic E-state index is 12.2. The van der Waals surface area contributed by atoms with Gasteiger partial charge in [-0.25, -0.2) is 9.59 Å². The predicted molar refractivity (Wildman–Crippen MR) is 83.9 cm³/mol. The molecule has 0 aromatic rings. The van der Waals surface area contributed by atoms with Crippen LogP contribution in [0.15, 0.2) is 11.1 Å². The van der Waals surface area contributed by atoms with Gasteiger partial charge in [0.05, 0.1) is 13.2 Å². The summed E-state index contributed by atoms with van der Waals surface area (Å²) in [4.78, 5) is 24.4. The summed E-state index contributed by atoms with van der Waals surface area (Å²) >= 11 is 0. The zero-order valence-corrected chi connectivity index (χ0v) is 14.2. The van der Waals surface area contributed by atoms with Crippen molar-refractivity contribution in [2.24, 2.45) is 5.92 Å². The van der Waals surface area contributed by atoms with Gasteiger partial charge >= 0.3 is 11.9 Å². The van der Waals surface area contributed by atoms with Crippen LogP contribution >= 0.6 is 0 Å². The largest absolute Gasteiger partial charge is 0.463 e. The van der Waals surface area contributed by atoms with E-state index in [1.807, 2.05) is 13.8 Å². The van der Waals surface area contributed by atoms with E-state index in [1.165, 1.54) is 0 Å². The summed E-state index contributed by atoms with van der Waals surface area (Å²) in [7, 11) is 0. The Hall–Kier alpha value is -1.32. The van der Waals surface area contributed by atoms with Crippen LogP contribution in [0, 0.1) is 5.92 Å². The Balaban J connectivity index is 5.40. The van der Waals surface area contributed by atoms with Crippen LogP contribution in [0.1, 0.15) is 66.7 Å². The lowest BCUT2D eigenvalue weighted by Crippen LogP contribution is -2.18. The Morgan fingerprint density at radius 3 is 1.81 bits per heavy atom. The minimum absolute atomic E-state index is 0.278. The van der Waals surface area contributed by atoms with Crippen LogP contribution in [0.2, 0.25) is 0 Å².